The zero-order valence-corrected chi connectivity index (χ0v) is 19.8. The number of carbonyl (C=O) groups excluding carboxylic acids is 1. The maximum atomic E-state index is 13.3. The molecule has 0 aliphatic rings. The van der Waals surface area contributed by atoms with Crippen molar-refractivity contribution in [2.45, 2.75) is 19.4 Å². The standard InChI is InChI=1S/C23H22Cl2N2O4S/c1-3-21(27(32(2,29)30)18-9-7-8-16(24)14-18)23(28)26-20-15-17(25)12-13-22(20)31-19-10-5-4-6-11-19/h4-15,21H,3H2,1-2H3,(H,26,28)/t21-/m1/s1. The number of rotatable bonds is 8. The Morgan fingerprint density at radius 3 is 2.31 bits per heavy atom. The minimum absolute atomic E-state index is 0.223. The first-order chi connectivity index (χ1) is 15.2. The van der Waals surface area contributed by atoms with Crippen molar-refractivity contribution in [1.29, 1.82) is 0 Å². The lowest BCUT2D eigenvalue weighted by molar-refractivity contribution is -0.117. The Morgan fingerprint density at radius 1 is 1.00 bits per heavy atom. The summed E-state index contributed by atoms with van der Waals surface area (Å²) in [6, 6.07) is 19.2. The molecule has 0 heterocycles. The van der Waals surface area contributed by atoms with Gasteiger partial charge in [0.05, 0.1) is 17.6 Å². The first kappa shape index (κ1) is 23.9. The van der Waals surface area contributed by atoms with Crippen molar-refractivity contribution in [3.63, 3.8) is 0 Å². The van der Waals surface area contributed by atoms with E-state index >= 15 is 0 Å². The van der Waals surface area contributed by atoms with E-state index in [0.717, 1.165) is 10.6 Å². The van der Waals surface area contributed by atoms with Crippen molar-refractivity contribution in [1.82, 2.24) is 0 Å². The van der Waals surface area contributed by atoms with E-state index in [1.165, 1.54) is 6.07 Å². The fourth-order valence-corrected chi connectivity index (χ4v) is 4.75. The molecule has 0 saturated carbocycles. The molecule has 6 nitrogen and oxygen atoms in total. The van der Waals surface area contributed by atoms with Gasteiger partial charge < -0.3 is 10.1 Å². The number of anilines is 2. The van der Waals surface area contributed by atoms with Crippen molar-refractivity contribution in [3.05, 3.63) is 82.8 Å². The van der Waals surface area contributed by atoms with Gasteiger partial charge in [0.2, 0.25) is 15.9 Å². The number of sulfonamides is 1. The molecule has 3 aromatic carbocycles. The van der Waals surface area contributed by atoms with Crippen LogP contribution in [0.2, 0.25) is 10.0 Å². The van der Waals surface area contributed by atoms with Crippen LogP contribution in [0.4, 0.5) is 11.4 Å². The number of halogens is 2. The molecule has 3 rings (SSSR count). The summed E-state index contributed by atoms with van der Waals surface area (Å²) in [6.07, 6.45) is 1.27. The Hall–Kier alpha value is -2.74. The van der Waals surface area contributed by atoms with Crippen LogP contribution in [-0.4, -0.2) is 26.6 Å². The summed E-state index contributed by atoms with van der Waals surface area (Å²) in [4.78, 5) is 13.3. The predicted octanol–water partition coefficient (Wildman–Crippen LogP) is 5.97. The van der Waals surface area contributed by atoms with Crippen LogP contribution in [0.15, 0.2) is 72.8 Å². The van der Waals surface area contributed by atoms with E-state index < -0.39 is 22.0 Å². The number of amides is 1. The third kappa shape index (κ3) is 5.94. The van der Waals surface area contributed by atoms with Crippen LogP contribution in [0, 0.1) is 0 Å². The molecule has 0 aromatic heterocycles. The zero-order chi connectivity index (χ0) is 23.3. The average Bonchev–Trinajstić information content (AvgIpc) is 2.73. The van der Waals surface area contributed by atoms with Gasteiger partial charge in [0, 0.05) is 10.0 Å². The van der Waals surface area contributed by atoms with Gasteiger partial charge in [0.25, 0.3) is 0 Å². The van der Waals surface area contributed by atoms with Gasteiger partial charge in [-0.05, 0) is 55.0 Å². The van der Waals surface area contributed by atoms with Gasteiger partial charge in [-0.2, -0.15) is 0 Å². The van der Waals surface area contributed by atoms with Gasteiger partial charge in [0.1, 0.15) is 11.8 Å². The lowest BCUT2D eigenvalue weighted by atomic mass is 10.1. The van der Waals surface area contributed by atoms with E-state index in [1.54, 1.807) is 55.5 Å². The molecular weight excluding hydrogens is 471 g/mol. The maximum Gasteiger partial charge on any atom is 0.248 e. The summed E-state index contributed by atoms with van der Waals surface area (Å²) in [6.45, 7) is 1.73. The minimum Gasteiger partial charge on any atom is -0.455 e. The molecular formula is C23H22Cl2N2O4S. The van der Waals surface area contributed by atoms with E-state index in [1.807, 2.05) is 18.2 Å². The normalized spacial score (nSPS) is 12.1. The van der Waals surface area contributed by atoms with Gasteiger partial charge in [-0.25, -0.2) is 8.42 Å². The average molecular weight is 493 g/mol. The molecule has 168 valence electrons. The highest BCUT2D eigenvalue weighted by Gasteiger charge is 2.32. The highest BCUT2D eigenvalue weighted by molar-refractivity contribution is 7.92. The van der Waals surface area contributed by atoms with Crippen molar-refractivity contribution < 1.29 is 17.9 Å². The molecule has 1 atom stereocenters. The Balaban J connectivity index is 1.94. The minimum atomic E-state index is -3.79. The van der Waals surface area contributed by atoms with E-state index in [4.69, 9.17) is 27.9 Å². The lowest BCUT2D eigenvalue weighted by Crippen LogP contribution is -2.47. The number of para-hydroxylation sites is 1. The summed E-state index contributed by atoms with van der Waals surface area (Å²) in [5, 5.41) is 3.53. The second-order valence-electron chi connectivity index (χ2n) is 7.01. The summed E-state index contributed by atoms with van der Waals surface area (Å²) in [5.74, 6) is 0.421. The summed E-state index contributed by atoms with van der Waals surface area (Å²) >= 11 is 12.2. The molecule has 1 N–H and O–H groups in total. The van der Waals surface area contributed by atoms with Crippen molar-refractivity contribution in [2.24, 2.45) is 0 Å². The van der Waals surface area contributed by atoms with Crippen LogP contribution in [0.5, 0.6) is 11.5 Å². The van der Waals surface area contributed by atoms with Crippen LogP contribution in [-0.2, 0) is 14.8 Å². The Kier molecular flexibility index (Phi) is 7.66. The van der Waals surface area contributed by atoms with Gasteiger partial charge in [0.15, 0.2) is 5.75 Å². The number of hydrogen-bond acceptors (Lipinski definition) is 4. The highest BCUT2D eigenvalue weighted by Crippen LogP contribution is 2.33. The number of nitrogens with one attached hydrogen (secondary N) is 1. The molecule has 1 amide bonds. The maximum absolute atomic E-state index is 13.3. The molecule has 0 aliphatic carbocycles. The fraction of sp³-hybridized carbons (Fsp3) is 0.174. The lowest BCUT2D eigenvalue weighted by Gasteiger charge is -2.30. The number of benzene rings is 3. The molecule has 32 heavy (non-hydrogen) atoms. The largest absolute Gasteiger partial charge is 0.455 e. The molecule has 9 heteroatoms. The first-order valence-corrected chi connectivity index (χ1v) is 12.4. The molecule has 0 fully saturated rings. The smallest absolute Gasteiger partial charge is 0.248 e. The van der Waals surface area contributed by atoms with Crippen LogP contribution >= 0.6 is 23.2 Å². The molecule has 3 aromatic rings. The van der Waals surface area contributed by atoms with Crippen LogP contribution in [0.1, 0.15) is 13.3 Å². The highest BCUT2D eigenvalue weighted by atomic mass is 35.5. The van der Waals surface area contributed by atoms with Crippen LogP contribution in [0.3, 0.4) is 0 Å². The summed E-state index contributed by atoms with van der Waals surface area (Å²) < 4.78 is 32.2. The Morgan fingerprint density at radius 2 is 1.69 bits per heavy atom. The topological polar surface area (TPSA) is 75.7 Å². The molecule has 0 spiro atoms. The molecule has 0 aliphatic heterocycles. The van der Waals surface area contributed by atoms with E-state index in [0.29, 0.717) is 32.9 Å². The number of hydrogen-bond donors (Lipinski definition) is 1. The van der Waals surface area contributed by atoms with E-state index in [9.17, 15) is 13.2 Å². The fourth-order valence-electron chi connectivity index (χ4n) is 3.19. The summed E-state index contributed by atoms with van der Waals surface area (Å²) in [7, 11) is -3.79. The van der Waals surface area contributed by atoms with Crippen molar-refractivity contribution in [3.8, 4) is 11.5 Å². The third-order valence-corrected chi connectivity index (χ3v) is 6.21. The van der Waals surface area contributed by atoms with Crippen molar-refractivity contribution in [2.75, 3.05) is 15.9 Å². The van der Waals surface area contributed by atoms with E-state index in [-0.39, 0.29) is 6.42 Å². The number of nitrogens with zero attached hydrogens (tertiary/aromatic N) is 1. The quantitative estimate of drug-likeness (QED) is 0.420. The zero-order valence-electron chi connectivity index (χ0n) is 17.5. The molecule has 0 unspecified atom stereocenters. The molecule has 0 saturated heterocycles. The van der Waals surface area contributed by atoms with Crippen LogP contribution in [0.25, 0.3) is 0 Å². The van der Waals surface area contributed by atoms with E-state index in [2.05, 4.69) is 5.32 Å². The number of carbonyl (C=O) groups is 1. The summed E-state index contributed by atoms with van der Waals surface area (Å²) in [5.41, 5.74) is 0.623. The van der Waals surface area contributed by atoms with Crippen LogP contribution < -0.4 is 14.4 Å². The number of ether oxygens (including phenoxy) is 1. The molecule has 0 radical (unpaired) electrons. The second kappa shape index (κ2) is 10.3. The Bertz CT molecular complexity index is 1200. The first-order valence-electron chi connectivity index (χ1n) is 9.77. The molecule has 0 bridgehead atoms. The van der Waals surface area contributed by atoms with Gasteiger partial charge in [-0.3, -0.25) is 9.10 Å². The Labute approximate surface area is 197 Å². The monoisotopic (exact) mass is 492 g/mol. The third-order valence-electron chi connectivity index (χ3n) is 4.56. The predicted molar refractivity (Wildman–Crippen MR) is 129 cm³/mol. The van der Waals surface area contributed by atoms with Gasteiger partial charge >= 0.3 is 0 Å². The van der Waals surface area contributed by atoms with Gasteiger partial charge in [-0.15, -0.1) is 0 Å². The van der Waals surface area contributed by atoms with Gasteiger partial charge in [-0.1, -0.05) is 54.4 Å². The second-order valence-corrected chi connectivity index (χ2v) is 9.74. The SMILES string of the molecule is CC[C@H](C(=O)Nc1cc(Cl)ccc1Oc1ccccc1)N(c1cccc(Cl)c1)S(C)(=O)=O. The van der Waals surface area contributed by atoms with Crippen molar-refractivity contribution >= 4 is 50.5 Å².